The van der Waals surface area contributed by atoms with Crippen molar-refractivity contribution in [2.45, 2.75) is 44.5 Å². The number of alkyl halides is 5. The van der Waals surface area contributed by atoms with Crippen LogP contribution in [0, 0.1) is 12.7 Å². The first kappa shape index (κ1) is 23.7. The lowest BCUT2D eigenvalue weighted by Gasteiger charge is -2.28. The maximum Gasteiger partial charge on any atom is 0.435 e. The number of pyridine rings is 1. The zero-order chi connectivity index (χ0) is 24.7. The van der Waals surface area contributed by atoms with E-state index in [2.05, 4.69) is 25.7 Å². The van der Waals surface area contributed by atoms with Crippen LogP contribution < -0.4 is 10.6 Å². The summed E-state index contributed by atoms with van der Waals surface area (Å²) in [6.07, 6.45) is -0.471. The molecule has 1 aliphatic heterocycles. The van der Waals surface area contributed by atoms with Gasteiger partial charge in [0.25, 0.3) is 5.92 Å². The third kappa shape index (κ3) is 5.21. The van der Waals surface area contributed by atoms with Gasteiger partial charge in [-0.15, -0.1) is 0 Å². The topological polar surface area (TPSA) is 89.7 Å². The van der Waals surface area contributed by atoms with Crippen molar-refractivity contribution in [3.63, 3.8) is 0 Å². The quantitative estimate of drug-likeness (QED) is 0.537. The van der Waals surface area contributed by atoms with E-state index in [0.717, 1.165) is 23.1 Å². The fourth-order valence-electron chi connectivity index (χ4n) is 3.66. The summed E-state index contributed by atoms with van der Waals surface area (Å²) in [6.45, 7) is 0.824. The Morgan fingerprint density at radius 1 is 1.29 bits per heavy atom. The molecular formula is C20H19F6N7O. The molecule has 0 radical (unpaired) electrons. The summed E-state index contributed by atoms with van der Waals surface area (Å²) < 4.78 is 82.5. The molecule has 1 unspecified atom stereocenters. The summed E-state index contributed by atoms with van der Waals surface area (Å²) in [5, 5.41) is 8.65. The van der Waals surface area contributed by atoms with Crippen LogP contribution >= 0.6 is 0 Å². The molecule has 0 aromatic carbocycles. The zero-order valence-corrected chi connectivity index (χ0v) is 17.7. The van der Waals surface area contributed by atoms with Crippen LogP contribution in [0.4, 0.5) is 32.0 Å². The number of carbonyl (C=O) groups is 1. The summed E-state index contributed by atoms with van der Waals surface area (Å²) in [5.41, 5.74) is -0.945. The van der Waals surface area contributed by atoms with Crippen molar-refractivity contribution in [1.29, 1.82) is 0 Å². The van der Waals surface area contributed by atoms with Crippen LogP contribution in [0.1, 0.15) is 35.8 Å². The first-order chi connectivity index (χ1) is 15.9. The van der Waals surface area contributed by atoms with Crippen molar-refractivity contribution in [2.24, 2.45) is 0 Å². The van der Waals surface area contributed by atoms with Crippen LogP contribution in [-0.4, -0.2) is 42.7 Å². The van der Waals surface area contributed by atoms with E-state index in [4.69, 9.17) is 0 Å². The molecule has 1 fully saturated rings. The average Bonchev–Trinajstić information content (AvgIpc) is 3.34. The van der Waals surface area contributed by atoms with Gasteiger partial charge in [-0.1, -0.05) is 0 Å². The largest absolute Gasteiger partial charge is 0.435 e. The standard InChI is InChI=1S/C20H19F6N7O/c1-11-7-33(31-17(11)20(24,25)26)9-16(34)30-12-4-13(21)18(28-6-12)32-8-15(29-10-32)14-5-19(22,23)2-3-27-14/h4,6-8,10,14,27H,2-3,5,9H2,1H3,(H,30,34). The van der Waals surface area contributed by atoms with Crippen molar-refractivity contribution >= 4 is 11.6 Å². The molecule has 4 heterocycles. The Morgan fingerprint density at radius 3 is 2.71 bits per heavy atom. The maximum atomic E-state index is 14.6. The molecule has 1 amide bonds. The molecule has 3 aromatic heterocycles. The first-order valence-corrected chi connectivity index (χ1v) is 10.1. The minimum Gasteiger partial charge on any atom is -0.323 e. The smallest absolute Gasteiger partial charge is 0.323 e. The Kier molecular flexibility index (Phi) is 6.10. The third-order valence-electron chi connectivity index (χ3n) is 5.21. The van der Waals surface area contributed by atoms with E-state index in [-0.39, 0.29) is 30.0 Å². The normalized spacial score (nSPS) is 18.1. The molecule has 14 heteroatoms. The van der Waals surface area contributed by atoms with Crippen molar-refractivity contribution in [2.75, 3.05) is 11.9 Å². The summed E-state index contributed by atoms with van der Waals surface area (Å²) in [7, 11) is 0. The van der Waals surface area contributed by atoms with Crippen LogP contribution in [0.5, 0.6) is 0 Å². The van der Waals surface area contributed by atoms with Crippen LogP contribution in [0.25, 0.3) is 5.82 Å². The van der Waals surface area contributed by atoms with Gasteiger partial charge in [0.2, 0.25) is 5.91 Å². The second-order valence-electron chi connectivity index (χ2n) is 7.96. The number of hydrogen-bond acceptors (Lipinski definition) is 5. The predicted octanol–water partition coefficient (Wildman–Crippen LogP) is 3.63. The molecule has 0 bridgehead atoms. The van der Waals surface area contributed by atoms with Gasteiger partial charge in [-0.3, -0.25) is 14.0 Å². The number of imidazole rings is 1. The zero-order valence-electron chi connectivity index (χ0n) is 17.7. The number of rotatable bonds is 5. The highest BCUT2D eigenvalue weighted by Gasteiger charge is 2.38. The fourth-order valence-corrected chi connectivity index (χ4v) is 3.66. The van der Waals surface area contributed by atoms with Gasteiger partial charge < -0.3 is 10.6 Å². The average molecular weight is 487 g/mol. The molecular weight excluding hydrogens is 468 g/mol. The molecule has 3 aromatic rings. The minimum atomic E-state index is -4.64. The van der Waals surface area contributed by atoms with Crippen LogP contribution in [0.3, 0.4) is 0 Å². The Hall–Kier alpha value is -3.42. The van der Waals surface area contributed by atoms with E-state index in [1.165, 1.54) is 24.0 Å². The lowest BCUT2D eigenvalue weighted by molar-refractivity contribution is -0.142. The summed E-state index contributed by atoms with van der Waals surface area (Å²) >= 11 is 0. The first-order valence-electron chi connectivity index (χ1n) is 10.1. The Balaban J connectivity index is 1.43. The number of anilines is 1. The van der Waals surface area contributed by atoms with Crippen molar-refractivity contribution < 1.29 is 31.1 Å². The molecule has 4 rings (SSSR count). The number of carbonyl (C=O) groups excluding carboxylic acids is 1. The van der Waals surface area contributed by atoms with Gasteiger partial charge in [-0.25, -0.2) is 23.1 Å². The van der Waals surface area contributed by atoms with E-state index < -0.39 is 48.5 Å². The molecule has 34 heavy (non-hydrogen) atoms. The van der Waals surface area contributed by atoms with E-state index in [9.17, 15) is 31.1 Å². The summed E-state index contributed by atoms with van der Waals surface area (Å²) in [5.74, 6) is -4.55. The summed E-state index contributed by atoms with van der Waals surface area (Å²) in [6, 6.07) is 0.290. The van der Waals surface area contributed by atoms with Gasteiger partial charge in [0.05, 0.1) is 23.6 Å². The third-order valence-corrected chi connectivity index (χ3v) is 5.21. The van der Waals surface area contributed by atoms with Crippen molar-refractivity contribution in [1.82, 2.24) is 29.6 Å². The molecule has 0 saturated carbocycles. The van der Waals surface area contributed by atoms with Crippen LogP contribution in [0.15, 0.2) is 31.0 Å². The van der Waals surface area contributed by atoms with Crippen molar-refractivity contribution in [3.05, 3.63) is 53.8 Å². The number of piperidine rings is 1. The Labute approximate surface area is 189 Å². The highest BCUT2D eigenvalue weighted by Crippen LogP contribution is 2.34. The van der Waals surface area contributed by atoms with Gasteiger partial charge in [0.1, 0.15) is 12.9 Å². The van der Waals surface area contributed by atoms with E-state index in [0.29, 0.717) is 5.69 Å². The number of nitrogens with one attached hydrogen (secondary N) is 2. The molecule has 1 aliphatic rings. The molecule has 8 nitrogen and oxygen atoms in total. The van der Waals surface area contributed by atoms with Crippen molar-refractivity contribution in [3.8, 4) is 5.82 Å². The second-order valence-corrected chi connectivity index (χ2v) is 7.96. The maximum absolute atomic E-state index is 14.6. The monoisotopic (exact) mass is 487 g/mol. The SMILES string of the molecule is Cc1cn(CC(=O)Nc2cnc(-n3cnc(C4CC(F)(F)CCN4)c3)c(F)c2)nc1C(F)(F)F. The van der Waals surface area contributed by atoms with Crippen LogP contribution in [0.2, 0.25) is 0 Å². The van der Waals surface area contributed by atoms with Gasteiger partial charge in [-0.05, 0) is 12.5 Å². The number of hydrogen-bond donors (Lipinski definition) is 2. The molecule has 1 atom stereocenters. The summed E-state index contributed by atoms with van der Waals surface area (Å²) in [4.78, 5) is 20.2. The lowest BCUT2D eigenvalue weighted by atomic mass is 9.99. The lowest BCUT2D eigenvalue weighted by Crippen LogP contribution is -2.38. The molecule has 182 valence electrons. The highest BCUT2D eigenvalue weighted by molar-refractivity contribution is 5.90. The Bertz CT molecular complexity index is 1200. The molecule has 2 N–H and O–H groups in total. The minimum absolute atomic E-state index is 0.0277. The number of amides is 1. The van der Waals surface area contributed by atoms with E-state index >= 15 is 0 Å². The predicted molar refractivity (Wildman–Crippen MR) is 107 cm³/mol. The van der Waals surface area contributed by atoms with Gasteiger partial charge in [0, 0.05) is 37.8 Å². The van der Waals surface area contributed by atoms with Gasteiger partial charge >= 0.3 is 6.18 Å². The number of aryl methyl sites for hydroxylation is 1. The second kappa shape index (κ2) is 8.74. The highest BCUT2D eigenvalue weighted by atomic mass is 19.4. The number of nitrogens with zero attached hydrogens (tertiary/aromatic N) is 5. The fraction of sp³-hybridized carbons (Fsp3) is 0.400. The van der Waals surface area contributed by atoms with Gasteiger partial charge in [-0.2, -0.15) is 18.3 Å². The molecule has 0 aliphatic carbocycles. The van der Waals surface area contributed by atoms with Gasteiger partial charge in [0.15, 0.2) is 17.3 Å². The van der Waals surface area contributed by atoms with E-state index in [1.54, 1.807) is 0 Å². The Morgan fingerprint density at radius 2 is 2.06 bits per heavy atom. The molecule has 1 saturated heterocycles. The number of aromatic nitrogens is 5. The van der Waals surface area contributed by atoms with E-state index in [1.807, 2.05) is 0 Å². The van der Waals surface area contributed by atoms with Crippen LogP contribution in [-0.2, 0) is 17.5 Å². The number of halogens is 6. The molecule has 0 spiro atoms.